The average molecular weight is 430 g/mol. The quantitative estimate of drug-likeness (QED) is 0.676. The number of aliphatic hydroxyl groups is 1. The minimum atomic E-state index is -0.0254. The fourth-order valence-electron chi connectivity index (χ4n) is 5.40. The van der Waals surface area contributed by atoms with Gasteiger partial charge in [0.25, 0.3) is 0 Å². The summed E-state index contributed by atoms with van der Waals surface area (Å²) >= 11 is 0. The van der Waals surface area contributed by atoms with Crippen molar-refractivity contribution in [1.82, 2.24) is 4.90 Å². The second kappa shape index (κ2) is 9.23. The minimum Gasteiger partial charge on any atom is -0.506 e. The van der Waals surface area contributed by atoms with E-state index in [-0.39, 0.29) is 17.6 Å². The molecule has 0 aromatic heterocycles. The molecular formula is C28H31NO3. The molecule has 1 saturated carbocycles. The Bertz CT molecular complexity index is 1150. The molecule has 166 valence electrons. The zero-order chi connectivity index (χ0) is 21.9. The summed E-state index contributed by atoms with van der Waals surface area (Å²) in [7, 11) is 0. The molecule has 4 heteroatoms. The molecule has 3 aliphatic rings. The lowest BCUT2D eigenvalue weighted by Crippen LogP contribution is -2.52. The van der Waals surface area contributed by atoms with Gasteiger partial charge in [0.2, 0.25) is 0 Å². The normalized spacial score (nSPS) is 19.8. The van der Waals surface area contributed by atoms with Crippen molar-refractivity contribution in [3.8, 4) is 5.75 Å². The van der Waals surface area contributed by atoms with Gasteiger partial charge in [-0.2, -0.15) is 0 Å². The van der Waals surface area contributed by atoms with Crippen molar-refractivity contribution >= 4 is 17.1 Å². The van der Waals surface area contributed by atoms with E-state index in [1.165, 1.54) is 28.9 Å². The van der Waals surface area contributed by atoms with Crippen LogP contribution in [0, 0.1) is 0 Å². The number of rotatable bonds is 7. The van der Waals surface area contributed by atoms with E-state index < -0.39 is 0 Å². The van der Waals surface area contributed by atoms with Crippen molar-refractivity contribution in [2.75, 3.05) is 13.2 Å². The van der Waals surface area contributed by atoms with Gasteiger partial charge in [0.15, 0.2) is 5.78 Å². The Kier molecular flexibility index (Phi) is 6.02. The van der Waals surface area contributed by atoms with Gasteiger partial charge in [-0.15, -0.1) is 0 Å². The maximum absolute atomic E-state index is 12.2. The van der Waals surface area contributed by atoms with Gasteiger partial charge >= 0.3 is 0 Å². The van der Waals surface area contributed by atoms with Gasteiger partial charge in [0, 0.05) is 11.3 Å². The lowest BCUT2D eigenvalue weighted by atomic mass is 9.83. The Morgan fingerprint density at radius 2 is 1.88 bits per heavy atom. The van der Waals surface area contributed by atoms with Gasteiger partial charge in [0.1, 0.15) is 11.5 Å². The number of ether oxygens (including phenoxy) is 1. The van der Waals surface area contributed by atoms with Crippen LogP contribution in [0.15, 0.2) is 60.4 Å². The number of unbranched alkanes of at least 4 members (excludes halogenated alkanes) is 2. The van der Waals surface area contributed by atoms with Crippen molar-refractivity contribution in [2.24, 2.45) is 0 Å². The number of carbonyl (C=O) groups is 1. The molecule has 2 aliphatic heterocycles. The predicted octanol–water partition coefficient (Wildman–Crippen LogP) is 4.02. The summed E-state index contributed by atoms with van der Waals surface area (Å²) in [5.74, 6) is 0.895. The Hall–Kier alpha value is -3.01. The second-order valence-corrected chi connectivity index (χ2v) is 9.11. The number of ketones is 1. The van der Waals surface area contributed by atoms with E-state index in [1.807, 2.05) is 0 Å². The van der Waals surface area contributed by atoms with Gasteiger partial charge < -0.3 is 14.7 Å². The lowest BCUT2D eigenvalue weighted by Gasteiger charge is -2.42. The van der Waals surface area contributed by atoms with Crippen LogP contribution in [0.4, 0.5) is 0 Å². The molecule has 32 heavy (non-hydrogen) atoms. The third-order valence-corrected chi connectivity index (χ3v) is 6.92. The van der Waals surface area contributed by atoms with Crippen molar-refractivity contribution in [3.63, 3.8) is 0 Å². The molecule has 1 N–H and O–H groups in total. The van der Waals surface area contributed by atoms with Crippen LogP contribution in [0.5, 0.6) is 5.75 Å². The summed E-state index contributed by atoms with van der Waals surface area (Å²) < 4.78 is 6.09. The van der Waals surface area contributed by atoms with E-state index >= 15 is 0 Å². The van der Waals surface area contributed by atoms with Crippen molar-refractivity contribution < 1.29 is 14.6 Å². The summed E-state index contributed by atoms with van der Waals surface area (Å²) in [6.07, 6.45) is 10.3. The first-order valence-electron chi connectivity index (χ1n) is 12.0. The Morgan fingerprint density at radius 1 is 1.00 bits per heavy atom. The summed E-state index contributed by atoms with van der Waals surface area (Å²) in [6, 6.07) is 17.1. The topological polar surface area (TPSA) is 49.8 Å². The van der Waals surface area contributed by atoms with Crippen molar-refractivity contribution in [3.05, 3.63) is 76.4 Å². The molecule has 1 fully saturated rings. The second-order valence-electron chi connectivity index (χ2n) is 9.11. The molecule has 4 nitrogen and oxygen atoms in total. The molecule has 0 saturated heterocycles. The number of fused-ring (bicyclic) bond motifs is 4. The molecule has 0 amide bonds. The molecule has 0 radical (unpaired) electrons. The fourth-order valence-corrected chi connectivity index (χ4v) is 5.40. The van der Waals surface area contributed by atoms with E-state index in [2.05, 4.69) is 53.4 Å². The van der Waals surface area contributed by atoms with E-state index in [0.717, 1.165) is 61.6 Å². The third kappa shape index (κ3) is 4.19. The predicted molar refractivity (Wildman–Crippen MR) is 127 cm³/mol. The molecule has 0 bridgehead atoms. The maximum Gasteiger partial charge on any atom is 0.178 e. The van der Waals surface area contributed by atoms with E-state index in [9.17, 15) is 9.90 Å². The number of nitrogens with zero attached hydrogens (tertiary/aromatic N) is 1. The first-order valence-corrected chi connectivity index (χ1v) is 12.0. The smallest absolute Gasteiger partial charge is 0.178 e. The largest absolute Gasteiger partial charge is 0.506 e. The monoisotopic (exact) mass is 429 g/mol. The van der Waals surface area contributed by atoms with Crippen LogP contribution >= 0.6 is 0 Å². The highest BCUT2D eigenvalue weighted by Gasteiger charge is 2.35. The number of benzene rings is 2. The first kappa shape index (κ1) is 20.9. The van der Waals surface area contributed by atoms with E-state index in [1.54, 1.807) is 0 Å². The molecular weight excluding hydrogens is 398 g/mol. The van der Waals surface area contributed by atoms with Gasteiger partial charge in [0.05, 0.1) is 24.9 Å². The standard InChI is InChI=1S/C28H31NO3/c30-21-17-27(31)28-25-18-22(32-16-8-2-5-11-20-9-3-1-4-10-20)14-15-23(25)24-12-6-7-13-26(24)29(28)19-21/h1,3-4,9-10,14-15,17-18,26,31H,2,5-8,11-13,16,19H2/t26-/m0/s1. The lowest BCUT2D eigenvalue weighted by molar-refractivity contribution is -0.115. The van der Waals surface area contributed by atoms with E-state index in [4.69, 9.17) is 4.74 Å². The highest BCUT2D eigenvalue weighted by molar-refractivity contribution is 5.97. The summed E-state index contributed by atoms with van der Waals surface area (Å²) in [5.41, 5.74) is 3.59. The zero-order valence-corrected chi connectivity index (χ0v) is 18.6. The van der Waals surface area contributed by atoms with Crippen LogP contribution in [0.25, 0.3) is 11.3 Å². The molecule has 2 aromatic rings. The third-order valence-electron chi connectivity index (χ3n) is 6.92. The average Bonchev–Trinajstić information content (AvgIpc) is 2.81. The molecule has 0 unspecified atom stereocenters. The van der Waals surface area contributed by atoms with Gasteiger partial charge in [-0.1, -0.05) is 42.8 Å². The molecule has 2 heterocycles. The highest BCUT2D eigenvalue weighted by atomic mass is 16.5. The first-order chi connectivity index (χ1) is 15.7. The van der Waals surface area contributed by atoms with Crippen LogP contribution in [0.3, 0.4) is 0 Å². The number of aryl methyl sites for hydroxylation is 1. The van der Waals surface area contributed by atoms with Crippen LogP contribution < -0.4 is 15.2 Å². The number of carbonyl (C=O) groups excluding carboxylic acids is 1. The maximum atomic E-state index is 12.2. The van der Waals surface area contributed by atoms with Crippen LogP contribution in [0.2, 0.25) is 0 Å². The molecule has 1 aliphatic carbocycles. The zero-order valence-electron chi connectivity index (χ0n) is 18.6. The van der Waals surface area contributed by atoms with Gasteiger partial charge in [-0.05, 0) is 73.4 Å². The molecule has 5 rings (SSSR count). The summed E-state index contributed by atoms with van der Waals surface area (Å²) in [6.45, 7) is 1.03. The summed E-state index contributed by atoms with van der Waals surface area (Å²) in [4.78, 5) is 14.3. The number of hydrogen-bond donors (Lipinski definition) is 1. The Labute approximate surface area is 189 Å². The minimum absolute atomic E-state index is 0.0254. The molecule has 1 atom stereocenters. The highest BCUT2D eigenvalue weighted by Crippen LogP contribution is 2.35. The van der Waals surface area contributed by atoms with E-state index in [0.29, 0.717) is 13.2 Å². The fraction of sp³-hybridized carbons (Fsp3) is 0.393. The SMILES string of the molecule is O=C1C=C(O)C2=c3cc(OCCCCCc4ccccc4)ccc3=C3CCCC[C@@H]3N2C1. The number of hydrogen-bond acceptors (Lipinski definition) is 4. The Morgan fingerprint density at radius 3 is 2.75 bits per heavy atom. The van der Waals surface area contributed by atoms with Crippen LogP contribution in [0.1, 0.15) is 50.5 Å². The van der Waals surface area contributed by atoms with Gasteiger partial charge in [-0.25, -0.2) is 0 Å². The molecule has 2 aromatic carbocycles. The molecule has 0 spiro atoms. The van der Waals surface area contributed by atoms with Gasteiger partial charge in [-0.3, -0.25) is 4.79 Å². The van der Waals surface area contributed by atoms with Crippen LogP contribution in [-0.2, 0) is 11.2 Å². The Balaban J connectivity index is 1.32. The summed E-state index contributed by atoms with van der Waals surface area (Å²) in [5, 5.41) is 12.9. The van der Waals surface area contributed by atoms with Crippen molar-refractivity contribution in [2.45, 2.75) is 57.4 Å². The van der Waals surface area contributed by atoms with Crippen molar-refractivity contribution in [1.29, 1.82) is 0 Å². The van der Waals surface area contributed by atoms with Crippen LogP contribution in [-0.4, -0.2) is 35.0 Å². The number of aliphatic hydroxyl groups excluding tert-OH is 1.